The summed E-state index contributed by atoms with van der Waals surface area (Å²) in [4.78, 5) is 28.2. The zero-order chi connectivity index (χ0) is 27.7. The predicted octanol–water partition coefficient (Wildman–Crippen LogP) is 4.91. The number of rotatable bonds is 6. The molecule has 1 saturated heterocycles. The predicted molar refractivity (Wildman–Crippen MR) is 147 cm³/mol. The fourth-order valence-electron chi connectivity index (χ4n) is 5.00. The highest BCUT2D eigenvalue weighted by Gasteiger charge is 2.40. The maximum absolute atomic E-state index is 15.2. The van der Waals surface area contributed by atoms with Crippen LogP contribution in [0.1, 0.15) is 55.7 Å². The number of hydrogen-bond donors (Lipinski definition) is 1. The second kappa shape index (κ2) is 11.1. The van der Waals surface area contributed by atoms with Gasteiger partial charge in [-0.15, -0.1) is 11.8 Å². The molecule has 1 aromatic heterocycles. The van der Waals surface area contributed by atoms with Gasteiger partial charge in [-0.1, -0.05) is 39.0 Å². The van der Waals surface area contributed by atoms with Gasteiger partial charge in [0.05, 0.1) is 28.5 Å². The van der Waals surface area contributed by atoms with Crippen LogP contribution in [0.25, 0.3) is 5.69 Å². The molecular weight excluding hydrogens is 522 g/mol. The molecule has 1 fully saturated rings. The van der Waals surface area contributed by atoms with Crippen molar-refractivity contribution in [2.24, 2.45) is 0 Å². The Morgan fingerprint density at radius 2 is 1.90 bits per heavy atom. The summed E-state index contributed by atoms with van der Waals surface area (Å²) in [6.07, 6.45) is 1.79. The SMILES string of the molecule is CC(C)(C)c1nn(-c2ccc(F)cc2)c2c1[C@@H](c1ccccc1F)SCC(=O)N2CC(=O)NC[C@@H]1CCCO1. The molecule has 0 radical (unpaired) electrons. The number of nitrogens with one attached hydrogen (secondary N) is 1. The van der Waals surface area contributed by atoms with Crippen molar-refractivity contribution in [1.29, 1.82) is 0 Å². The molecule has 1 N–H and O–H groups in total. The van der Waals surface area contributed by atoms with Gasteiger partial charge in [-0.3, -0.25) is 14.5 Å². The third-order valence-corrected chi connectivity index (χ3v) is 8.15. The Balaban J connectivity index is 1.66. The molecule has 0 bridgehead atoms. The van der Waals surface area contributed by atoms with E-state index in [2.05, 4.69) is 5.32 Å². The molecule has 0 unspecified atom stereocenters. The van der Waals surface area contributed by atoms with Crippen molar-refractivity contribution in [3.63, 3.8) is 0 Å². The lowest BCUT2D eigenvalue weighted by Crippen LogP contribution is -2.44. The molecule has 0 spiro atoms. The van der Waals surface area contributed by atoms with E-state index in [1.54, 1.807) is 35.0 Å². The van der Waals surface area contributed by atoms with E-state index in [-0.39, 0.29) is 36.0 Å². The van der Waals surface area contributed by atoms with E-state index in [4.69, 9.17) is 9.84 Å². The topological polar surface area (TPSA) is 76.5 Å². The van der Waals surface area contributed by atoms with Gasteiger partial charge in [0.1, 0.15) is 24.0 Å². The smallest absolute Gasteiger partial charge is 0.240 e. The molecule has 5 rings (SSSR count). The van der Waals surface area contributed by atoms with Crippen molar-refractivity contribution in [2.75, 3.05) is 30.3 Å². The summed E-state index contributed by atoms with van der Waals surface area (Å²) in [7, 11) is 0. The summed E-state index contributed by atoms with van der Waals surface area (Å²) in [5.74, 6) is -0.985. The number of fused-ring (bicyclic) bond motifs is 1. The maximum atomic E-state index is 15.2. The summed E-state index contributed by atoms with van der Waals surface area (Å²) in [6, 6.07) is 12.3. The van der Waals surface area contributed by atoms with Crippen molar-refractivity contribution in [1.82, 2.24) is 15.1 Å². The highest BCUT2D eigenvalue weighted by molar-refractivity contribution is 8.00. The minimum absolute atomic E-state index is 0.0393. The average Bonchev–Trinajstić information content (AvgIpc) is 3.53. The Morgan fingerprint density at radius 1 is 1.15 bits per heavy atom. The first kappa shape index (κ1) is 27.3. The molecule has 0 saturated carbocycles. The summed E-state index contributed by atoms with van der Waals surface area (Å²) in [5.41, 5.74) is 1.81. The molecule has 3 aromatic rings. The average molecular weight is 555 g/mol. The van der Waals surface area contributed by atoms with Gasteiger partial charge in [0.15, 0.2) is 0 Å². The Morgan fingerprint density at radius 3 is 2.56 bits per heavy atom. The number of benzene rings is 2. The van der Waals surface area contributed by atoms with Crippen LogP contribution in [0.15, 0.2) is 48.5 Å². The fourth-order valence-corrected chi connectivity index (χ4v) is 6.22. The van der Waals surface area contributed by atoms with Crippen LogP contribution < -0.4 is 10.2 Å². The standard InChI is InChI=1S/C29H32F2N4O3S/c1-29(2,3)27-25-26(21-8-4-5-9-22(21)31)39-17-24(37)34(16-23(36)32-15-20-7-6-14-38-20)28(25)35(33-27)19-12-10-18(30)11-13-19/h4-5,8-13,20,26H,6-7,14-17H2,1-3H3,(H,32,36)/t20-,26+/m0/s1. The normalized spacial score (nSPS) is 19.6. The van der Waals surface area contributed by atoms with Crippen molar-refractivity contribution >= 4 is 29.4 Å². The van der Waals surface area contributed by atoms with Gasteiger partial charge >= 0.3 is 0 Å². The van der Waals surface area contributed by atoms with Crippen LogP contribution in [-0.2, 0) is 19.7 Å². The van der Waals surface area contributed by atoms with Crippen LogP contribution in [0, 0.1) is 11.6 Å². The van der Waals surface area contributed by atoms with E-state index in [0.29, 0.717) is 41.5 Å². The van der Waals surface area contributed by atoms with Gasteiger partial charge in [-0.25, -0.2) is 13.5 Å². The second-order valence-electron chi connectivity index (χ2n) is 10.9. The molecule has 0 aliphatic carbocycles. The number of carbonyl (C=O) groups excluding carboxylic acids is 2. The number of nitrogens with zero attached hydrogens (tertiary/aromatic N) is 3. The van der Waals surface area contributed by atoms with E-state index in [1.165, 1.54) is 34.9 Å². The monoisotopic (exact) mass is 554 g/mol. The Bertz CT molecular complexity index is 1360. The molecule has 39 heavy (non-hydrogen) atoms. The Hall–Kier alpha value is -3.24. The lowest BCUT2D eigenvalue weighted by Gasteiger charge is -2.25. The molecule has 2 atom stereocenters. The van der Waals surface area contributed by atoms with Crippen LogP contribution >= 0.6 is 11.8 Å². The van der Waals surface area contributed by atoms with E-state index >= 15 is 4.39 Å². The molecule has 7 nitrogen and oxygen atoms in total. The van der Waals surface area contributed by atoms with Gasteiger partial charge in [0.2, 0.25) is 11.8 Å². The van der Waals surface area contributed by atoms with Crippen LogP contribution in [0.4, 0.5) is 14.6 Å². The number of anilines is 1. The largest absolute Gasteiger partial charge is 0.376 e. The molecule has 2 amide bonds. The number of ether oxygens (including phenoxy) is 1. The van der Waals surface area contributed by atoms with Crippen LogP contribution in [-0.4, -0.2) is 53.1 Å². The van der Waals surface area contributed by atoms with Crippen molar-refractivity contribution < 1.29 is 23.1 Å². The minimum atomic E-state index is -0.548. The molecular formula is C29H32F2N4O3S. The summed E-state index contributed by atoms with van der Waals surface area (Å²) >= 11 is 1.31. The Kier molecular flexibility index (Phi) is 7.77. The summed E-state index contributed by atoms with van der Waals surface area (Å²) in [6.45, 7) is 6.80. The first-order chi connectivity index (χ1) is 18.6. The zero-order valence-corrected chi connectivity index (χ0v) is 23.1. The minimum Gasteiger partial charge on any atom is -0.376 e. The van der Waals surface area contributed by atoms with Crippen molar-refractivity contribution in [2.45, 2.75) is 50.4 Å². The summed E-state index contributed by atoms with van der Waals surface area (Å²) in [5, 5.41) is 7.27. The highest BCUT2D eigenvalue weighted by Crippen LogP contribution is 2.48. The van der Waals surface area contributed by atoms with Gasteiger partial charge in [0, 0.05) is 29.7 Å². The quantitative estimate of drug-likeness (QED) is 0.469. The van der Waals surface area contributed by atoms with E-state index in [9.17, 15) is 14.0 Å². The number of carbonyl (C=O) groups is 2. The zero-order valence-electron chi connectivity index (χ0n) is 22.2. The number of hydrogen-bond acceptors (Lipinski definition) is 5. The number of halogens is 2. The third-order valence-electron chi connectivity index (χ3n) is 6.91. The van der Waals surface area contributed by atoms with Gasteiger partial charge in [-0.2, -0.15) is 5.10 Å². The third kappa shape index (κ3) is 5.72. The molecule has 2 aliphatic rings. The van der Waals surface area contributed by atoms with Gasteiger partial charge in [-0.05, 0) is 43.2 Å². The van der Waals surface area contributed by atoms with E-state index in [1.807, 2.05) is 20.8 Å². The van der Waals surface area contributed by atoms with Gasteiger partial charge in [0.25, 0.3) is 0 Å². The van der Waals surface area contributed by atoms with Crippen LogP contribution in [0.2, 0.25) is 0 Å². The second-order valence-corrected chi connectivity index (χ2v) is 11.9. The number of aromatic nitrogens is 2. The molecule has 206 valence electrons. The maximum Gasteiger partial charge on any atom is 0.240 e. The highest BCUT2D eigenvalue weighted by atomic mass is 32.2. The Labute approximate surface area is 230 Å². The number of thioether (sulfide) groups is 1. The van der Waals surface area contributed by atoms with Crippen molar-refractivity contribution in [3.05, 3.63) is 77.0 Å². The van der Waals surface area contributed by atoms with E-state index in [0.717, 1.165) is 12.8 Å². The van der Waals surface area contributed by atoms with Crippen LogP contribution in [0.5, 0.6) is 0 Å². The fraction of sp³-hybridized carbons (Fsp3) is 0.414. The first-order valence-electron chi connectivity index (χ1n) is 13.1. The van der Waals surface area contributed by atoms with Gasteiger partial charge < -0.3 is 10.1 Å². The van der Waals surface area contributed by atoms with Crippen LogP contribution in [0.3, 0.4) is 0 Å². The number of amides is 2. The van der Waals surface area contributed by atoms with Crippen molar-refractivity contribution in [3.8, 4) is 5.69 Å². The lowest BCUT2D eigenvalue weighted by molar-refractivity contribution is -0.123. The molecule has 3 heterocycles. The summed E-state index contributed by atoms with van der Waals surface area (Å²) < 4.78 is 36.2. The first-order valence-corrected chi connectivity index (χ1v) is 14.1. The molecule has 10 heteroatoms. The lowest BCUT2D eigenvalue weighted by atomic mass is 9.87. The molecule has 2 aliphatic heterocycles. The molecule has 2 aromatic carbocycles. The van der Waals surface area contributed by atoms with E-state index < -0.39 is 16.5 Å².